The zero-order valence-electron chi connectivity index (χ0n) is 27.0. The smallest absolute Gasteiger partial charge is 0.435 e. The molecular formula is C34H41N7O4Si. The third kappa shape index (κ3) is 6.63. The van der Waals surface area contributed by atoms with Gasteiger partial charge in [0, 0.05) is 45.0 Å². The van der Waals surface area contributed by atoms with Crippen LogP contribution in [0.2, 0.25) is 25.7 Å². The molecule has 1 amide bonds. The van der Waals surface area contributed by atoms with Crippen molar-refractivity contribution >= 4 is 36.2 Å². The predicted molar refractivity (Wildman–Crippen MR) is 179 cm³/mol. The number of aromatic nitrogens is 6. The summed E-state index contributed by atoms with van der Waals surface area (Å²) in [7, 11) is -1.17. The Bertz CT molecular complexity index is 1890. The molecule has 2 aliphatic rings. The van der Waals surface area contributed by atoms with Crippen LogP contribution in [-0.4, -0.2) is 68.2 Å². The van der Waals surface area contributed by atoms with Gasteiger partial charge in [0.25, 0.3) is 0 Å². The van der Waals surface area contributed by atoms with E-state index in [1.54, 1.807) is 23.5 Å². The van der Waals surface area contributed by atoms with Crippen molar-refractivity contribution in [1.82, 2.24) is 34.4 Å². The lowest BCUT2D eigenvalue weighted by Gasteiger charge is -2.24. The monoisotopic (exact) mass is 639 g/mol. The lowest BCUT2D eigenvalue weighted by Crippen LogP contribution is -2.40. The Balaban J connectivity index is 1.14. The molecule has 0 atom stereocenters. The molecular weight excluding hydrogens is 599 g/mol. The fraction of sp³-hybridized carbons (Fsp3) is 0.441. The fourth-order valence-electron chi connectivity index (χ4n) is 5.89. The van der Waals surface area contributed by atoms with Crippen LogP contribution >= 0.6 is 0 Å². The zero-order chi connectivity index (χ0) is 31.8. The molecule has 2 fully saturated rings. The largest absolute Gasteiger partial charge is 0.457 e. The molecule has 1 aliphatic carbocycles. The molecule has 12 heteroatoms. The Morgan fingerprint density at radius 3 is 2.59 bits per heavy atom. The fourth-order valence-corrected chi connectivity index (χ4v) is 6.64. The highest BCUT2D eigenvalue weighted by Crippen LogP contribution is 2.48. The molecule has 1 saturated carbocycles. The van der Waals surface area contributed by atoms with E-state index in [1.165, 1.54) is 4.85 Å². The van der Waals surface area contributed by atoms with Crippen molar-refractivity contribution in [3.8, 4) is 22.8 Å². The number of carbonyl (C=O) groups is 1. The van der Waals surface area contributed by atoms with Gasteiger partial charge >= 0.3 is 6.09 Å². The number of amides is 1. The number of aryl methyl sites for hydroxylation is 1. The number of hydrogen-bond acceptors (Lipinski definition) is 8. The molecule has 240 valence electrons. The van der Waals surface area contributed by atoms with E-state index < -0.39 is 8.07 Å². The van der Waals surface area contributed by atoms with Crippen molar-refractivity contribution in [3.05, 3.63) is 60.3 Å². The van der Waals surface area contributed by atoms with Crippen LogP contribution in [0.5, 0.6) is 11.5 Å². The number of ether oxygens (including phenoxy) is 2. The standard InChI is InChI=1S/C34H41N7O4Si/c1-23-37-27-11-10-26(18-30(27)40(23)22-43-16-17-46(2,3)4)44-31-13-12-28-33(32(31)24-8-9-24)38-29(20-35-28)25-19-36-41(21-25)45-34(42)39-14-6-5-7-15-39/h10-13,18-21,24H,5-9,14-17,22H2,1-4H3. The van der Waals surface area contributed by atoms with Crippen molar-refractivity contribution in [2.24, 2.45) is 0 Å². The average Bonchev–Trinajstić information content (AvgIpc) is 3.69. The lowest BCUT2D eigenvalue weighted by molar-refractivity contribution is 0.0731. The maximum Gasteiger partial charge on any atom is 0.435 e. The van der Waals surface area contributed by atoms with Crippen molar-refractivity contribution in [1.29, 1.82) is 0 Å². The summed E-state index contributed by atoms with van der Waals surface area (Å²) in [6.07, 6.45) is 9.94. The summed E-state index contributed by atoms with van der Waals surface area (Å²) in [4.78, 5) is 35.5. The van der Waals surface area contributed by atoms with Crippen LogP contribution in [0.3, 0.4) is 0 Å². The number of nitrogens with zero attached hydrogens (tertiary/aromatic N) is 7. The van der Waals surface area contributed by atoms with Crippen molar-refractivity contribution in [2.75, 3.05) is 19.7 Å². The molecule has 5 aromatic rings. The second-order valence-electron chi connectivity index (χ2n) is 13.6. The first-order valence-corrected chi connectivity index (χ1v) is 20.0. The van der Waals surface area contributed by atoms with Crippen molar-refractivity contribution in [2.45, 2.75) is 77.4 Å². The minimum absolute atomic E-state index is 0.354. The summed E-state index contributed by atoms with van der Waals surface area (Å²) in [6, 6.07) is 11.1. The van der Waals surface area contributed by atoms with E-state index in [4.69, 9.17) is 29.3 Å². The van der Waals surface area contributed by atoms with Crippen LogP contribution < -0.4 is 9.57 Å². The summed E-state index contributed by atoms with van der Waals surface area (Å²) < 4.78 is 14.8. The molecule has 0 unspecified atom stereocenters. The third-order valence-electron chi connectivity index (χ3n) is 8.70. The van der Waals surface area contributed by atoms with Gasteiger partial charge in [0.2, 0.25) is 0 Å². The average molecular weight is 640 g/mol. The Morgan fingerprint density at radius 2 is 1.80 bits per heavy atom. The molecule has 7 rings (SSSR count). The third-order valence-corrected chi connectivity index (χ3v) is 10.4. The SMILES string of the molecule is Cc1nc2ccc(Oc3ccc4ncc(-c5cnn(OC(=O)N6CCCCC6)c5)nc4c3C3CC3)cc2n1COCC[Si](C)(C)C. The molecule has 0 radical (unpaired) electrons. The van der Waals surface area contributed by atoms with Gasteiger partial charge in [-0.2, -0.15) is 0 Å². The maximum atomic E-state index is 12.6. The molecule has 11 nitrogen and oxygen atoms in total. The Kier molecular flexibility index (Phi) is 8.24. The van der Waals surface area contributed by atoms with E-state index in [-0.39, 0.29) is 6.09 Å². The Morgan fingerprint density at radius 1 is 1.00 bits per heavy atom. The first-order chi connectivity index (χ1) is 22.2. The van der Waals surface area contributed by atoms with Crippen molar-refractivity contribution < 1.29 is 19.1 Å². The molecule has 3 aromatic heterocycles. The summed E-state index contributed by atoms with van der Waals surface area (Å²) in [6.45, 7) is 11.7. The van der Waals surface area contributed by atoms with E-state index in [2.05, 4.69) is 29.3 Å². The quantitative estimate of drug-likeness (QED) is 0.117. The molecule has 4 heterocycles. The maximum absolute atomic E-state index is 12.6. The highest BCUT2D eigenvalue weighted by molar-refractivity contribution is 6.76. The number of carbonyl (C=O) groups excluding carboxylic acids is 1. The second-order valence-corrected chi connectivity index (χ2v) is 19.2. The van der Waals surface area contributed by atoms with Gasteiger partial charge in [-0.15, -0.1) is 5.10 Å². The first-order valence-electron chi connectivity index (χ1n) is 16.3. The van der Waals surface area contributed by atoms with E-state index in [1.807, 2.05) is 37.3 Å². The second kappa shape index (κ2) is 12.5. The lowest BCUT2D eigenvalue weighted by atomic mass is 10.1. The number of rotatable bonds is 10. The van der Waals surface area contributed by atoms with Crippen LogP contribution in [0.1, 0.15) is 49.4 Å². The summed E-state index contributed by atoms with van der Waals surface area (Å²) in [5.74, 6) is 2.78. The van der Waals surface area contributed by atoms with Gasteiger partial charge in [-0.25, -0.2) is 14.8 Å². The minimum Gasteiger partial charge on any atom is -0.457 e. The molecule has 0 spiro atoms. The summed E-state index contributed by atoms with van der Waals surface area (Å²) in [5, 5.41) is 4.26. The first kappa shape index (κ1) is 30.4. The van der Waals surface area contributed by atoms with Gasteiger partial charge in [0.05, 0.1) is 46.4 Å². The van der Waals surface area contributed by atoms with Crippen LogP contribution in [0.25, 0.3) is 33.3 Å². The van der Waals surface area contributed by atoms with Crippen LogP contribution in [-0.2, 0) is 11.5 Å². The molecule has 46 heavy (non-hydrogen) atoms. The zero-order valence-corrected chi connectivity index (χ0v) is 28.0. The van der Waals surface area contributed by atoms with E-state index in [9.17, 15) is 4.79 Å². The Labute approximate surface area is 269 Å². The van der Waals surface area contributed by atoms with Gasteiger partial charge in [0.1, 0.15) is 24.1 Å². The minimum atomic E-state index is -1.17. The van der Waals surface area contributed by atoms with Gasteiger partial charge in [-0.3, -0.25) is 9.82 Å². The number of imidazole rings is 1. The number of fused-ring (bicyclic) bond motifs is 2. The van der Waals surface area contributed by atoms with Crippen molar-refractivity contribution in [3.63, 3.8) is 0 Å². The molecule has 1 aliphatic heterocycles. The topological polar surface area (TPSA) is 109 Å². The number of piperidine rings is 1. The van der Waals surface area contributed by atoms with Gasteiger partial charge in [-0.1, -0.05) is 24.5 Å². The number of likely N-dealkylation sites (tertiary alicyclic amines) is 1. The van der Waals surface area contributed by atoms with Crippen LogP contribution in [0, 0.1) is 6.92 Å². The predicted octanol–water partition coefficient (Wildman–Crippen LogP) is 7.17. The van der Waals surface area contributed by atoms with Crippen LogP contribution in [0.4, 0.5) is 4.79 Å². The highest BCUT2D eigenvalue weighted by atomic mass is 28.3. The molecule has 0 bridgehead atoms. The molecule has 0 N–H and O–H groups in total. The highest BCUT2D eigenvalue weighted by Gasteiger charge is 2.30. The van der Waals surface area contributed by atoms with Gasteiger partial charge in [0.15, 0.2) is 0 Å². The van der Waals surface area contributed by atoms with Crippen LogP contribution in [0.15, 0.2) is 48.9 Å². The van der Waals surface area contributed by atoms with Gasteiger partial charge in [-0.05, 0) is 75.3 Å². The van der Waals surface area contributed by atoms with Gasteiger partial charge < -0.3 is 18.9 Å². The number of hydrogen-bond donors (Lipinski definition) is 0. The normalized spacial score (nSPS) is 15.5. The molecule has 2 aromatic carbocycles. The van der Waals surface area contributed by atoms with E-state index in [0.29, 0.717) is 31.4 Å². The Hall–Kier alpha value is -4.29. The summed E-state index contributed by atoms with van der Waals surface area (Å²) >= 11 is 0. The summed E-state index contributed by atoms with van der Waals surface area (Å²) in [5.41, 5.74) is 5.95. The number of benzene rings is 2. The van der Waals surface area contributed by atoms with E-state index in [0.717, 1.165) is 95.3 Å². The molecule has 1 saturated heterocycles. The van der Waals surface area contributed by atoms with E-state index >= 15 is 0 Å².